The van der Waals surface area contributed by atoms with E-state index in [9.17, 15) is 5.11 Å². The Hall–Kier alpha value is -3.65. The molecule has 8 heteroatoms. The molecule has 2 aromatic carbocycles. The average Bonchev–Trinajstić information content (AvgIpc) is 3.56. The minimum Gasteiger partial charge on any atom is -0.507 e. The van der Waals surface area contributed by atoms with E-state index in [1.807, 2.05) is 30.3 Å². The Morgan fingerprint density at radius 1 is 0.919 bits per heavy atom. The van der Waals surface area contributed by atoms with Crippen LogP contribution in [0.2, 0.25) is 0 Å². The molecule has 0 radical (unpaired) electrons. The first-order chi connectivity index (χ1) is 18.1. The van der Waals surface area contributed by atoms with Crippen LogP contribution in [0.15, 0.2) is 48.5 Å². The third-order valence-corrected chi connectivity index (χ3v) is 7.98. The Morgan fingerprint density at radius 2 is 1.70 bits per heavy atom. The van der Waals surface area contributed by atoms with Crippen LogP contribution in [0.25, 0.3) is 22.3 Å². The number of phenolic OH excluding ortho intramolecular Hbond substituents is 1. The van der Waals surface area contributed by atoms with Crippen LogP contribution in [0, 0.1) is 0 Å². The molecule has 4 aromatic rings. The SMILES string of the molecule is Nc1nc(NCc2ccc(-c3ccccc3O)cc2)c2nc(C3CCCC(N)C3)n(C3CCCC3)c2n1. The van der Waals surface area contributed by atoms with Crippen LogP contribution in [0.5, 0.6) is 5.75 Å². The molecule has 6 N–H and O–H groups in total. The normalized spacial score (nSPS) is 20.5. The lowest BCUT2D eigenvalue weighted by molar-refractivity contribution is 0.364. The summed E-state index contributed by atoms with van der Waals surface area (Å²) < 4.78 is 2.37. The molecule has 37 heavy (non-hydrogen) atoms. The maximum atomic E-state index is 10.2. The predicted octanol–water partition coefficient (Wildman–Crippen LogP) is 5.49. The molecular weight excluding hydrogens is 462 g/mol. The number of hydrogen-bond acceptors (Lipinski definition) is 7. The van der Waals surface area contributed by atoms with Crippen molar-refractivity contribution in [2.75, 3.05) is 11.1 Å². The topological polar surface area (TPSA) is 128 Å². The fourth-order valence-corrected chi connectivity index (χ4v) is 6.11. The molecule has 2 fully saturated rings. The number of aromatic hydroxyl groups is 1. The smallest absolute Gasteiger partial charge is 0.224 e. The molecular formula is C29H35N7O. The Balaban J connectivity index is 1.31. The van der Waals surface area contributed by atoms with Gasteiger partial charge in [-0.25, -0.2) is 4.98 Å². The minimum absolute atomic E-state index is 0.227. The van der Waals surface area contributed by atoms with Crippen LogP contribution in [-0.4, -0.2) is 30.7 Å². The van der Waals surface area contributed by atoms with Gasteiger partial charge in [0, 0.05) is 30.1 Å². The number of nitrogens with two attached hydrogens (primary N) is 2. The summed E-state index contributed by atoms with van der Waals surface area (Å²) >= 11 is 0. The molecule has 8 nitrogen and oxygen atoms in total. The van der Waals surface area contributed by atoms with E-state index in [2.05, 4.69) is 27.0 Å². The van der Waals surface area contributed by atoms with Crippen molar-refractivity contribution in [2.45, 2.75) is 75.9 Å². The van der Waals surface area contributed by atoms with E-state index in [4.69, 9.17) is 21.4 Å². The van der Waals surface area contributed by atoms with Crippen molar-refractivity contribution in [1.82, 2.24) is 19.5 Å². The monoisotopic (exact) mass is 497 g/mol. The van der Waals surface area contributed by atoms with Gasteiger partial charge in [0.1, 0.15) is 11.6 Å². The molecule has 6 rings (SSSR count). The molecule has 2 aromatic heterocycles. The number of nitrogen functional groups attached to an aromatic ring is 1. The lowest BCUT2D eigenvalue weighted by Gasteiger charge is -2.28. The second-order valence-electron chi connectivity index (χ2n) is 10.6. The zero-order valence-electron chi connectivity index (χ0n) is 21.1. The zero-order valence-corrected chi connectivity index (χ0v) is 21.1. The van der Waals surface area contributed by atoms with Crippen molar-refractivity contribution in [3.05, 3.63) is 59.9 Å². The number of aromatic nitrogens is 4. The maximum Gasteiger partial charge on any atom is 0.224 e. The van der Waals surface area contributed by atoms with Crippen molar-refractivity contribution in [1.29, 1.82) is 0 Å². The van der Waals surface area contributed by atoms with Gasteiger partial charge in [0.2, 0.25) is 5.95 Å². The Bertz CT molecular complexity index is 1390. The summed E-state index contributed by atoms with van der Waals surface area (Å²) in [5.74, 6) is 2.66. The molecule has 2 aliphatic carbocycles. The van der Waals surface area contributed by atoms with E-state index in [0.29, 0.717) is 24.3 Å². The molecule has 192 valence electrons. The van der Waals surface area contributed by atoms with Gasteiger partial charge >= 0.3 is 0 Å². The number of nitrogens with one attached hydrogen (secondary N) is 1. The van der Waals surface area contributed by atoms with Crippen LogP contribution in [0.3, 0.4) is 0 Å². The van der Waals surface area contributed by atoms with Crippen molar-refractivity contribution in [3.63, 3.8) is 0 Å². The lowest BCUT2D eigenvalue weighted by atomic mass is 9.85. The summed E-state index contributed by atoms with van der Waals surface area (Å²) in [5.41, 5.74) is 17.1. The standard InChI is InChI=1S/C29H35N7O/c30-21-7-5-6-20(16-21)27-33-25-26(34-29(31)35-28(25)36(27)22-8-1-2-9-22)32-17-18-12-14-19(15-13-18)23-10-3-4-11-24(23)37/h3-4,10-15,20-22,37H,1-2,5-9,16-17,30H2,(H3,31,32,34,35). The molecule has 0 saturated heterocycles. The predicted molar refractivity (Wildman–Crippen MR) is 147 cm³/mol. The van der Waals surface area contributed by atoms with E-state index in [1.165, 1.54) is 12.8 Å². The molecule has 2 aliphatic rings. The van der Waals surface area contributed by atoms with Crippen molar-refractivity contribution >= 4 is 22.9 Å². The summed E-state index contributed by atoms with van der Waals surface area (Å²) in [6, 6.07) is 16.2. The molecule has 2 saturated carbocycles. The fourth-order valence-electron chi connectivity index (χ4n) is 6.11. The van der Waals surface area contributed by atoms with E-state index >= 15 is 0 Å². The van der Waals surface area contributed by atoms with E-state index < -0.39 is 0 Å². The van der Waals surface area contributed by atoms with Gasteiger partial charge in [0.15, 0.2) is 17.0 Å². The van der Waals surface area contributed by atoms with E-state index in [1.54, 1.807) is 6.07 Å². The van der Waals surface area contributed by atoms with Gasteiger partial charge < -0.3 is 26.5 Å². The summed E-state index contributed by atoms with van der Waals surface area (Å²) in [5, 5.41) is 13.6. The fraction of sp³-hybridized carbons (Fsp3) is 0.414. The minimum atomic E-state index is 0.227. The van der Waals surface area contributed by atoms with Gasteiger partial charge in [-0.3, -0.25) is 0 Å². The van der Waals surface area contributed by atoms with Gasteiger partial charge in [-0.15, -0.1) is 0 Å². The zero-order chi connectivity index (χ0) is 25.4. The van der Waals surface area contributed by atoms with E-state index in [0.717, 1.165) is 72.2 Å². The van der Waals surface area contributed by atoms with Crippen molar-refractivity contribution in [3.8, 4) is 16.9 Å². The number of benzene rings is 2. The third-order valence-electron chi connectivity index (χ3n) is 7.98. The molecule has 0 spiro atoms. The second-order valence-corrected chi connectivity index (χ2v) is 10.6. The molecule has 0 aliphatic heterocycles. The van der Waals surface area contributed by atoms with Gasteiger partial charge in [0.25, 0.3) is 0 Å². The number of phenols is 1. The average molecular weight is 498 g/mol. The highest BCUT2D eigenvalue weighted by molar-refractivity contribution is 5.85. The molecule has 2 heterocycles. The van der Waals surface area contributed by atoms with Crippen LogP contribution < -0.4 is 16.8 Å². The number of hydrogen-bond donors (Lipinski definition) is 4. The first-order valence-corrected chi connectivity index (χ1v) is 13.5. The lowest BCUT2D eigenvalue weighted by Crippen LogP contribution is -2.28. The van der Waals surface area contributed by atoms with Gasteiger partial charge in [0.05, 0.1) is 0 Å². The largest absolute Gasteiger partial charge is 0.507 e. The number of imidazole rings is 1. The highest BCUT2D eigenvalue weighted by Gasteiger charge is 2.31. The van der Waals surface area contributed by atoms with Gasteiger partial charge in [-0.05, 0) is 49.3 Å². The van der Waals surface area contributed by atoms with E-state index in [-0.39, 0.29) is 17.7 Å². The Morgan fingerprint density at radius 3 is 2.46 bits per heavy atom. The number of nitrogens with zero attached hydrogens (tertiary/aromatic N) is 4. The number of para-hydroxylation sites is 1. The highest BCUT2D eigenvalue weighted by atomic mass is 16.3. The summed E-state index contributed by atoms with van der Waals surface area (Å²) in [6.45, 7) is 0.576. The van der Waals surface area contributed by atoms with Crippen LogP contribution in [0.4, 0.5) is 11.8 Å². The Kier molecular flexibility index (Phi) is 6.42. The number of rotatable bonds is 6. The first-order valence-electron chi connectivity index (χ1n) is 13.5. The third kappa shape index (κ3) is 4.73. The summed E-state index contributed by atoms with van der Waals surface area (Å²) in [4.78, 5) is 14.4. The van der Waals surface area contributed by atoms with Crippen molar-refractivity contribution < 1.29 is 5.11 Å². The van der Waals surface area contributed by atoms with Crippen LogP contribution in [-0.2, 0) is 6.54 Å². The highest BCUT2D eigenvalue weighted by Crippen LogP contribution is 2.40. The molecule has 0 bridgehead atoms. The van der Waals surface area contributed by atoms with Crippen LogP contribution >= 0.6 is 0 Å². The number of anilines is 2. The first kappa shape index (κ1) is 23.7. The maximum absolute atomic E-state index is 10.2. The summed E-state index contributed by atoms with van der Waals surface area (Å²) in [7, 11) is 0. The molecule has 2 atom stereocenters. The number of fused-ring (bicyclic) bond motifs is 1. The van der Waals surface area contributed by atoms with Gasteiger partial charge in [-0.2, -0.15) is 9.97 Å². The van der Waals surface area contributed by atoms with Crippen molar-refractivity contribution in [2.24, 2.45) is 5.73 Å². The second kappa shape index (κ2) is 10.0. The Labute approximate surface area is 217 Å². The molecule has 0 amide bonds. The molecule has 2 unspecified atom stereocenters. The van der Waals surface area contributed by atoms with Crippen LogP contribution in [0.1, 0.15) is 74.7 Å². The summed E-state index contributed by atoms with van der Waals surface area (Å²) in [6.07, 6.45) is 9.05. The van der Waals surface area contributed by atoms with Gasteiger partial charge in [-0.1, -0.05) is 61.7 Å². The quantitative estimate of drug-likeness (QED) is 0.277.